The second-order valence-corrected chi connectivity index (χ2v) is 5.25. The topological polar surface area (TPSA) is 86.5 Å². The first-order valence-electron chi connectivity index (χ1n) is 6.27. The molecule has 1 amide bonds. The average molecular weight is 344 g/mol. The number of benzene rings is 1. The number of anilines is 1. The van der Waals surface area contributed by atoms with Gasteiger partial charge in [-0.3, -0.25) is 4.79 Å². The molecule has 0 atom stereocenters. The van der Waals surface area contributed by atoms with Gasteiger partial charge in [0.25, 0.3) is 5.91 Å². The molecule has 0 aliphatic heterocycles. The van der Waals surface area contributed by atoms with Gasteiger partial charge in [-0.15, -0.1) is 23.7 Å². The van der Waals surface area contributed by atoms with Crippen molar-refractivity contribution in [1.82, 2.24) is 4.98 Å². The zero-order chi connectivity index (χ0) is 15.4. The SMILES string of the molecule is COc1cc(C)c(NC(=O)c2csc(CN)n2)cc1OC.Cl. The molecule has 3 N–H and O–H groups in total. The fraction of sp³-hybridized carbons (Fsp3) is 0.286. The van der Waals surface area contributed by atoms with Gasteiger partial charge in [0.1, 0.15) is 10.7 Å². The number of methoxy groups -OCH3 is 2. The van der Waals surface area contributed by atoms with Gasteiger partial charge in [-0.1, -0.05) is 0 Å². The third kappa shape index (κ3) is 3.88. The standard InChI is InChI=1S/C14H17N3O3S.ClH/c1-8-4-11(19-2)12(20-3)5-9(8)17-14(18)10-7-21-13(6-15)16-10;/h4-5,7H,6,15H2,1-3H3,(H,17,18);1H. The van der Waals surface area contributed by atoms with E-state index in [0.29, 0.717) is 29.4 Å². The molecule has 0 bridgehead atoms. The second kappa shape index (κ2) is 7.98. The van der Waals surface area contributed by atoms with Crippen LogP contribution in [0.3, 0.4) is 0 Å². The summed E-state index contributed by atoms with van der Waals surface area (Å²) in [5.74, 6) is 0.896. The Morgan fingerprint density at radius 3 is 2.50 bits per heavy atom. The zero-order valence-corrected chi connectivity index (χ0v) is 14.1. The number of aromatic nitrogens is 1. The first kappa shape index (κ1) is 18.2. The number of amides is 1. The molecule has 1 heterocycles. The van der Waals surface area contributed by atoms with Crippen LogP contribution in [0.4, 0.5) is 5.69 Å². The number of hydrogen-bond donors (Lipinski definition) is 2. The van der Waals surface area contributed by atoms with Crippen molar-refractivity contribution in [2.75, 3.05) is 19.5 Å². The summed E-state index contributed by atoms with van der Waals surface area (Å²) in [6, 6.07) is 3.53. The molecule has 0 aliphatic rings. The predicted molar refractivity (Wildman–Crippen MR) is 89.5 cm³/mol. The minimum atomic E-state index is -0.277. The quantitative estimate of drug-likeness (QED) is 0.871. The van der Waals surface area contributed by atoms with Crippen LogP contribution < -0.4 is 20.5 Å². The summed E-state index contributed by atoms with van der Waals surface area (Å²) in [4.78, 5) is 16.3. The van der Waals surface area contributed by atoms with Gasteiger partial charge >= 0.3 is 0 Å². The van der Waals surface area contributed by atoms with E-state index in [0.717, 1.165) is 10.6 Å². The van der Waals surface area contributed by atoms with Gasteiger partial charge in [0, 0.05) is 23.7 Å². The molecule has 1 aromatic heterocycles. The first-order valence-corrected chi connectivity index (χ1v) is 7.15. The molecular weight excluding hydrogens is 326 g/mol. The van der Waals surface area contributed by atoms with Crippen LogP contribution in [-0.4, -0.2) is 25.1 Å². The molecule has 2 rings (SSSR count). The molecule has 0 fully saturated rings. The van der Waals surface area contributed by atoms with Crippen molar-refractivity contribution in [1.29, 1.82) is 0 Å². The number of ether oxygens (including phenoxy) is 2. The fourth-order valence-electron chi connectivity index (χ4n) is 1.81. The molecule has 0 spiro atoms. The Bertz CT molecular complexity index is 661. The third-order valence-corrected chi connectivity index (χ3v) is 3.81. The number of halogens is 1. The minimum absolute atomic E-state index is 0. The number of nitrogens with one attached hydrogen (secondary N) is 1. The number of nitrogens with zero attached hydrogens (tertiary/aromatic N) is 1. The van der Waals surface area contributed by atoms with Crippen molar-refractivity contribution in [2.45, 2.75) is 13.5 Å². The van der Waals surface area contributed by atoms with Crippen molar-refractivity contribution in [2.24, 2.45) is 5.73 Å². The van der Waals surface area contributed by atoms with Crippen molar-refractivity contribution in [3.8, 4) is 11.5 Å². The van der Waals surface area contributed by atoms with Crippen molar-refractivity contribution < 1.29 is 14.3 Å². The Labute approximate surface area is 139 Å². The van der Waals surface area contributed by atoms with Crippen LogP contribution in [-0.2, 0) is 6.54 Å². The van der Waals surface area contributed by atoms with Gasteiger partial charge in [-0.05, 0) is 18.6 Å². The number of carbonyl (C=O) groups excluding carboxylic acids is 1. The highest BCUT2D eigenvalue weighted by Crippen LogP contribution is 2.33. The largest absolute Gasteiger partial charge is 0.493 e. The number of hydrogen-bond acceptors (Lipinski definition) is 6. The van der Waals surface area contributed by atoms with Crippen LogP contribution in [0.2, 0.25) is 0 Å². The Kier molecular flexibility index (Phi) is 6.61. The van der Waals surface area contributed by atoms with Crippen LogP contribution >= 0.6 is 23.7 Å². The molecule has 0 aliphatic carbocycles. The predicted octanol–water partition coefficient (Wildman–Crippen LogP) is 2.60. The molecule has 0 radical (unpaired) electrons. The lowest BCUT2D eigenvalue weighted by Crippen LogP contribution is -2.13. The summed E-state index contributed by atoms with van der Waals surface area (Å²) in [5, 5.41) is 5.23. The van der Waals surface area contributed by atoms with Crippen molar-refractivity contribution in [3.63, 3.8) is 0 Å². The lowest BCUT2D eigenvalue weighted by Gasteiger charge is -2.13. The summed E-state index contributed by atoms with van der Waals surface area (Å²) in [5.41, 5.74) is 7.38. The molecule has 0 unspecified atom stereocenters. The molecule has 0 saturated carbocycles. The minimum Gasteiger partial charge on any atom is -0.493 e. The molecule has 1 aromatic carbocycles. The average Bonchev–Trinajstić information content (AvgIpc) is 2.97. The van der Waals surface area contributed by atoms with Crippen molar-refractivity contribution >= 4 is 35.3 Å². The van der Waals surface area contributed by atoms with Gasteiger partial charge in [0.05, 0.1) is 14.2 Å². The highest BCUT2D eigenvalue weighted by molar-refractivity contribution is 7.09. The van der Waals surface area contributed by atoms with E-state index in [1.807, 2.05) is 6.92 Å². The molecule has 22 heavy (non-hydrogen) atoms. The highest BCUT2D eigenvalue weighted by Gasteiger charge is 2.14. The maximum Gasteiger partial charge on any atom is 0.275 e. The van der Waals surface area contributed by atoms with E-state index in [9.17, 15) is 4.79 Å². The Balaban J connectivity index is 0.00000242. The normalized spacial score (nSPS) is 9.82. The van der Waals surface area contributed by atoms with Gasteiger partial charge in [0.2, 0.25) is 0 Å². The Hall–Kier alpha value is -1.83. The van der Waals surface area contributed by atoms with E-state index in [1.54, 1.807) is 31.7 Å². The first-order chi connectivity index (χ1) is 10.1. The summed E-state index contributed by atoms with van der Waals surface area (Å²) >= 11 is 1.36. The summed E-state index contributed by atoms with van der Waals surface area (Å²) in [6.45, 7) is 2.21. The molecule has 6 nitrogen and oxygen atoms in total. The van der Waals surface area contributed by atoms with E-state index < -0.39 is 0 Å². The maximum absolute atomic E-state index is 12.2. The van der Waals surface area contributed by atoms with E-state index in [2.05, 4.69) is 10.3 Å². The summed E-state index contributed by atoms with van der Waals surface area (Å²) in [7, 11) is 3.12. The van der Waals surface area contributed by atoms with Crippen molar-refractivity contribution in [3.05, 3.63) is 33.8 Å². The van der Waals surface area contributed by atoms with E-state index in [4.69, 9.17) is 15.2 Å². The summed E-state index contributed by atoms with van der Waals surface area (Å²) in [6.07, 6.45) is 0. The Morgan fingerprint density at radius 2 is 1.95 bits per heavy atom. The second-order valence-electron chi connectivity index (χ2n) is 4.31. The van der Waals surface area contributed by atoms with Crippen LogP contribution in [0.5, 0.6) is 11.5 Å². The molecular formula is C14H18ClN3O3S. The number of carbonyl (C=O) groups is 1. The lowest BCUT2D eigenvalue weighted by atomic mass is 10.1. The van der Waals surface area contributed by atoms with Gasteiger partial charge in [-0.25, -0.2) is 4.98 Å². The van der Waals surface area contributed by atoms with Crippen LogP contribution in [0, 0.1) is 6.92 Å². The maximum atomic E-state index is 12.2. The fourth-order valence-corrected chi connectivity index (χ4v) is 2.47. The van der Waals surface area contributed by atoms with Gasteiger partial charge in [-0.2, -0.15) is 0 Å². The number of thiazole rings is 1. The third-order valence-electron chi connectivity index (χ3n) is 2.94. The molecule has 8 heteroatoms. The number of rotatable bonds is 5. The number of aryl methyl sites for hydroxylation is 1. The van der Waals surface area contributed by atoms with E-state index in [1.165, 1.54) is 11.3 Å². The number of nitrogens with two attached hydrogens (primary N) is 1. The molecule has 0 saturated heterocycles. The van der Waals surface area contributed by atoms with Crippen LogP contribution in [0.25, 0.3) is 0 Å². The highest BCUT2D eigenvalue weighted by atomic mass is 35.5. The lowest BCUT2D eigenvalue weighted by molar-refractivity contribution is 0.102. The Morgan fingerprint density at radius 1 is 1.32 bits per heavy atom. The van der Waals surface area contributed by atoms with E-state index >= 15 is 0 Å². The van der Waals surface area contributed by atoms with Gasteiger partial charge < -0.3 is 20.5 Å². The summed E-state index contributed by atoms with van der Waals surface area (Å²) < 4.78 is 10.5. The monoisotopic (exact) mass is 343 g/mol. The van der Waals surface area contributed by atoms with E-state index in [-0.39, 0.29) is 18.3 Å². The van der Waals surface area contributed by atoms with Gasteiger partial charge in [0.15, 0.2) is 11.5 Å². The zero-order valence-electron chi connectivity index (χ0n) is 12.5. The molecule has 120 valence electrons. The molecule has 2 aromatic rings. The smallest absolute Gasteiger partial charge is 0.275 e. The van der Waals surface area contributed by atoms with Crippen LogP contribution in [0.1, 0.15) is 21.1 Å². The van der Waals surface area contributed by atoms with Crippen LogP contribution in [0.15, 0.2) is 17.5 Å².